The van der Waals surface area contributed by atoms with Crippen LogP contribution in [0.3, 0.4) is 0 Å². The molecule has 0 spiro atoms. The first-order valence-electron chi connectivity index (χ1n) is 11.2. The molecule has 7 nitrogen and oxygen atoms in total. The first-order chi connectivity index (χ1) is 16.0. The molecule has 2 aromatic carbocycles. The molecule has 1 unspecified atom stereocenters. The highest BCUT2D eigenvalue weighted by atomic mass is 16.4. The second kappa shape index (κ2) is 10.2. The largest absolute Gasteiger partial charge is 0.480 e. The molecular formula is C26H27N3O4. The van der Waals surface area contributed by atoms with Crippen molar-refractivity contribution in [2.45, 2.75) is 44.6 Å². The number of carboxylic acid groups (broad SMARTS) is 1. The third kappa shape index (κ3) is 5.31. The third-order valence-corrected chi connectivity index (χ3v) is 6.01. The van der Waals surface area contributed by atoms with Gasteiger partial charge in [-0.25, -0.2) is 4.79 Å². The summed E-state index contributed by atoms with van der Waals surface area (Å²) in [5.74, 6) is -2.08. The van der Waals surface area contributed by atoms with Crippen molar-refractivity contribution in [3.63, 3.8) is 0 Å². The maximum atomic E-state index is 13.3. The Kier molecular flexibility index (Phi) is 6.88. The van der Waals surface area contributed by atoms with Crippen LogP contribution in [-0.4, -0.2) is 33.9 Å². The molecule has 0 aliphatic heterocycles. The highest BCUT2D eigenvalue weighted by Gasteiger charge is 2.26. The number of aromatic amines is 1. The van der Waals surface area contributed by atoms with Gasteiger partial charge in [-0.1, -0.05) is 42.8 Å². The predicted octanol–water partition coefficient (Wildman–Crippen LogP) is 3.93. The molecule has 33 heavy (non-hydrogen) atoms. The summed E-state index contributed by atoms with van der Waals surface area (Å²) in [6, 6.07) is 15.1. The minimum absolute atomic E-state index is 0.125. The lowest BCUT2D eigenvalue weighted by Crippen LogP contribution is -2.46. The fourth-order valence-corrected chi connectivity index (χ4v) is 4.26. The lowest BCUT2D eigenvalue weighted by Gasteiger charge is -2.21. The van der Waals surface area contributed by atoms with Gasteiger partial charge in [0.2, 0.25) is 0 Å². The molecule has 0 bridgehead atoms. The number of rotatable bonds is 7. The maximum absolute atomic E-state index is 13.3. The number of nitrogens with one attached hydrogen (secondary N) is 3. The number of aliphatic carboxylic acids is 1. The van der Waals surface area contributed by atoms with Crippen LogP contribution in [0, 0.1) is 0 Å². The van der Waals surface area contributed by atoms with E-state index in [-0.39, 0.29) is 18.0 Å². The molecule has 1 heterocycles. The van der Waals surface area contributed by atoms with E-state index in [0.717, 1.165) is 41.3 Å². The van der Waals surface area contributed by atoms with Gasteiger partial charge in [0.05, 0.1) is 0 Å². The summed E-state index contributed by atoms with van der Waals surface area (Å²) >= 11 is 0. The van der Waals surface area contributed by atoms with Gasteiger partial charge in [0.1, 0.15) is 11.7 Å². The van der Waals surface area contributed by atoms with E-state index in [2.05, 4.69) is 15.6 Å². The molecule has 1 aromatic heterocycles. The van der Waals surface area contributed by atoms with Crippen molar-refractivity contribution in [2.75, 3.05) is 0 Å². The fourth-order valence-electron chi connectivity index (χ4n) is 4.26. The number of carbonyl (C=O) groups is 3. The van der Waals surface area contributed by atoms with Crippen molar-refractivity contribution in [2.24, 2.45) is 0 Å². The smallest absolute Gasteiger partial charge is 0.326 e. The van der Waals surface area contributed by atoms with E-state index in [1.54, 1.807) is 30.5 Å². The van der Waals surface area contributed by atoms with Gasteiger partial charge in [0.25, 0.3) is 11.8 Å². The van der Waals surface area contributed by atoms with Crippen molar-refractivity contribution in [1.82, 2.24) is 15.6 Å². The SMILES string of the molecule is O=C(NC(Cc1c[nH]c2ccccc12)C(=O)O)C(NC(=O)c1ccccc1)=C1CCCCC1. The van der Waals surface area contributed by atoms with E-state index >= 15 is 0 Å². The molecule has 170 valence electrons. The van der Waals surface area contributed by atoms with E-state index in [0.29, 0.717) is 18.4 Å². The zero-order valence-corrected chi connectivity index (χ0v) is 18.3. The van der Waals surface area contributed by atoms with Gasteiger partial charge in [-0.05, 0) is 55.0 Å². The van der Waals surface area contributed by atoms with Crippen molar-refractivity contribution < 1.29 is 19.5 Å². The van der Waals surface area contributed by atoms with Crippen LogP contribution in [0.4, 0.5) is 0 Å². The van der Waals surface area contributed by atoms with Crippen LogP contribution in [0.2, 0.25) is 0 Å². The number of carboxylic acids is 1. The first kappa shape index (κ1) is 22.3. The molecule has 3 aromatic rings. The lowest BCUT2D eigenvalue weighted by molar-refractivity contribution is -0.141. The van der Waals surface area contributed by atoms with Gasteiger partial charge in [0.15, 0.2) is 0 Å². The van der Waals surface area contributed by atoms with Gasteiger partial charge < -0.3 is 20.7 Å². The maximum Gasteiger partial charge on any atom is 0.326 e. The van der Waals surface area contributed by atoms with Crippen molar-refractivity contribution in [3.05, 3.63) is 83.2 Å². The van der Waals surface area contributed by atoms with Crippen LogP contribution in [0.5, 0.6) is 0 Å². The second-order valence-electron chi connectivity index (χ2n) is 8.29. The summed E-state index contributed by atoms with van der Waals surface area (Å²) in [4.78, 5) is 41.2. The normalized spacial score (nSPS) is 14.5. The van der Waals surface area contributed by atoms with Crippen LogP contribution in [0.15, 0.2) is 72.1 Å². The van der Waals surface area contributed by atoms with E-state index in [4.69, 9.17) is 0 Å². The Bertz CT molecular complexity index is 1190. The number of amides is 2. The number of carbonyl (C=O) groups excluding carboxylic acids is 2. The van der Waals surface area contributed by atoms with Crippen molar-refractivity contribution >= 4 is 28.7 Å². The minimum Gasteiger partial charge on any atom is -0.480 e. The quantitative estimate of drug-likeness (QED) is 0.413. The van der Waals surface area contributed by atoms with Gasteiger partial charge in [-0.2, -0.15) is 0 Å². The topological polar surface area (TPSA) is 111 Å². The monoisotopic (exact) mass is 445 g/mol. The summed E-state index contributed by atoms with van der Waals surface area (Å²) in [7, 11) is 0. The molecule has 4 rings (SSSR count). The number of aromatic nitrogens is 1. The molecule has 1 fully saturated rings. The second-order valence-corrected chi connectivity index (χ2v) is 8.29. The van der Waals surface area contributed by atoms with Gasteiger partial charge >= 0.3 is 5.97 Å². The van der Waals surface area contributed by atoms with Crippen LogP contribution in [0.1, 0.15) is 48.0 Å². The van der Waals surface area contributed by atoms with Gasteiger partial charge in [-0.15, -0.1) is 0 Å². The molecule has 0 radical (unpaired) electrons. The Morgan fingerprint density at radius 3 is 2.36 bits per heavy atom. The molecule has 1 saturated carbocycles. The standard InChI is InChI=1S/C26H27N3O4/c30-24(18-11-5-2-6-12-18)29-23(17-9-3-1-4-10-17)25(31)28-22(26(32)33)15-19-16-27-21-14-8-7-13-20(19)21/h2,5-8,11-14,16,22,27H,1,3-4,9-10,15H2,(H,28,31)(H,29,30)(H,32,33). The molecule has 1 atom stereocenters. The number of fused-ring (bicyclic) bond motifs is 1. The minimum atomic E-state index is -1.13. The number of allylic oxidation sites excluding steroid dienone is 1. The highest BCUT2D eigenvalue weighted by molar-refractivity contribution is 6.04. The highest BCUT2D eigenvalue weighted by Crippen LogP contribution is 2.26. The number of benzene rings is 2. The third-order valence-electron chi connectivity index (χ3n) is 6.01. The Hall–Kier alpha value is -3.87. The molecule has 1 aliphatic carbocycles. The average Bonchev–Trinajstić information content (AvgIpc) is 3.25. The summed E-state index contributed by atoms with van der Waals surface area (Å²) in [5, 5.41) is 16.1. The van der Waals surface area contributed by atoms with Gasteiger partial charge in [-0.3, -0.25) is 9.59 Å². The van der Waals surface area contributed by atoms with E-state index in [1.165, 1.54) is 0 Å². The van der Waals surface area contributed by atoms with Crippen LogP contribution >= 0.6 is 0 Å². The summed E-state index contributed by atoms with van der Waals surface area (Å²) in [6.45, 7) is 0. The first-order valence-corrected chi connectivity index (χ1v) is 11.2. The zero-order valence-electron chi connectivity index (χ0n) is 18.3. The number of para-hydroxylation sites is 1. The summed E-state index contributed by atoms with van der Waals surface area (Å²) in [6.07, 6.45) is 6.25. The van der Waals surface area contributed by atoms with E-state index < -0.39 is 17.9 Å². The Morgan fingerprint density at radius 2 is 1.64 bits per heavy atom. The van der Waals surface area contributed by atoms with E-state index in [9.17, 15) is 19.5 Å². The molecular weight excluding hydrogens is 418 g/mol. The van der Waals surface area contributed by atoms with Crippen LogP contribution < -0.4 is 10.6 Å². The lowest BCUT2D eigenvalue weighted by atomic mass is 9.92. The summed E-state index contributed by atoms with van der Waals surface area (Å²) < 4.78 is 0. The number of hydrogen-bond donors (Lipinski definition) is 4. The van der Waals surface area contributed by atoms with Crippen LogP contribution in [0.25, 0.3) is 10.9 Å². The molecule has 4 N–H and O–H groups in total. The molecule has 0 saturated heterocycles. The summed E-state index contributed by atoms with van der Waals surface area (Å²) in [5.41, 5.74) is 3.18. The zero-order chi connectivity index (χ0) is 23.2. The number of H-pyrrole nitrogens is 1. The van der Waals surface area contributed by atoms with Crippen molar-refractivity contribution in [1.29, 1.82) is 0 Å². The fraction of sp³-hybridized carbons (Fsp3) is 0.269. The Morgan fingerprint density at radius 1 is 0.939 bits per heavy atom. The van der Waals surface area contributed by atoms with Crippen LogP contribution in [-0.2, 0) is 16.0 Å². The van der Waals surface area contributed by atoms with Gasteiger partial charge in [0, 0.05) is 29.1 Å². The molecule has 7 heteroatoms. The number of hydrogen-bond acceptors (Lipinski definition) is 3. The Labute approximate surface area is 191 Å². The van der Waals surface area contributed by atoms with Crippen molar-refractivity contribution in [3.8, 4) is 0 Å². The Balaban J connectivity index is 1.56. The predicted molar refractivity (Wildman–Crippen MR) is 126 cm³/mol. The molecule has 1 aliphatic rings. The van der Waals surface area contributed by atoms with E-state index in [1.807, 2.05) is 30.3 Å². The molecule has 2 amide bonds. The average molecular weight is 446 g/mol.